The Balaban J connectivity index is 1.49. The number of benzene rings is 1. The number of nitrogens with zero attached hydrogens (tertiary/aromatic N) is 5. The van der Waals surface area contributed by atoms with Gasteiger partial charge >= 0.3 is 0 Å². The van der Waals surface area contributed by atoms with Crippen molar-refractivity contribution in [2.24, 2.45) is 16.9 Å². The average molecular weight is 427 g/mol. The number of anilines is 2. The standard InChI is InChI=1S/C21H23F2N7O/c1-12-5-13(2)27-21(26-12)30-10-14-8-29(9-15(14)11-30)20(31)16-6-17(22)18(23)7-19(16)28-25-4-3-24/h3-7,14-15,24,28H,8-11H2,1-2H3/b24-3?,25-4-. The molecule has 2 saturated heterocycles. The summed E-state index contributed by atoms with van der Waals surface area (Å²) in [6, 6.07) is 3.73. The molecule has 0 radical (unpaired) electrons. The highest BCUT2D eigenvalue weighted by Crippen LogP contribution is 2.34. The van der Waals surface area contributed by atoms with Gasteiger partial charge in [-0.25, -0.2) is 18.7 Å². The van der Waals surface area contributed by atoms with E-state index in [2.05, 4.69) is 25.4 Å². The number of amides is 1. The molecule has 4 rings (SSSR count). The van der Waals surface area contributed by atoms with Gasteiger partial charge in [0, 0.05) is 61.7 Å². The van der Waals surface area contributed by atoms with Crippen LogP contribution in [0.1, 0.15) is 21.7 Å². The number of aryl methyl sites for hydroxylation is 2. The number of rotatable bonds is 5. The highest BCUT2D eigenvalue weighted by molar-refractivity contribution is 6.14. The molecule has 2 fully saturated rings. The number of aromatic nitrogens is 2. The van der Waals surface area contributed by atoms with Gasteiger partial charge in [-0.1, -0.05) is 0 Å². The molecule has 0 spiro atoms. The molecule has 2 N–H and O–H groups in total. The van der Waals surface area contributed by atoms with E-state index in [9.17, 15) is 13.6 Å². The number of likely N-dealkylation sites (tertiary alicyclic amines) is 1. The van der Waals surface area contributed by atoms with Crippen molar-refractivity contribution >= 4 is 30.0 Å². The van der Waals surface area contributed by atoms with Gasteiger partial charge in [-0.15, -0.1) is 0 Å². The van der Waals surface area contributed by atoms with Crippen molar-refractivity contribution in [3.63, 3.8) is 0 Å². The third-order valence-electron chi connectivity index (χ3n) is 5.65. The lowest BCUT2D eigenvalue weighted by atomic mass is 10.0. The summed E-state index contributed by atoms with van der Waals surface area (Å²) in [4.78, 5) is 26.0. The van der Waals surface area contributed by atoms with Gasteiger partial charge in [0.1, 0.15) is 0 Å². The average Bonchev–Trinajstić information content (AvgIpc) is 3.29. The van der Waals surface area contributed by atoms with Gasteiger partial charge in [0.25, 0.3) is 5.91 Å². The highest BCUT2D eigenvalue weighted by Gasteiger charge is 2.43. The van der Waals surface area contributed by atoms with E-state index in [4.69, 9.17) is 5.41 Å². The molecule has 31 heavy (non-hydrogen) atoms. The minimum absolute atomic E-state index is 0.00972. The van der Waals surface area contributed by atoms with Gasteiger partial charge in [0.05, 0.1) is 17.5 Å². The van der Waals surface area contributed by atoms with Gasteiger partial charge in [-0.3, -0.25) is 10.2 Å². The molecule has 2 aromatic rings. The van der Waals surface area contributed by atoms with Crippen LogP contribution < -0.4 is 10.3 Å². The van der Waals surface area contributed by atoms with Crippen molar-refractivity contribution in [1.29, 1.82) is 5.41 Å². The zero-order valence-electron chi connectivity index (χ0n) is 17.3. The minimum atomic E-state index is -1.09. The Morgan fingerprint density at radius 1 is 1.10 bits per heavy atom. The van der Waals surface area contributed by atoms with Crippen molar-refractivity contribution in [2.45, 2.75) is 13.8 Å². The van der Waals surface area contributed by atoms with E-state index in [1.54, 1.807) is 4.90 Å². The summed E-state index contributed by atoms with van der Waals surface area (Å²) in [7, 11) is 0. The fraction of sp³-hybridized carbons (Fsp3) is 0.381. The third kappa shape index (κ3) is 4.23. The summed E-state index contributed by atoms with van der Waals surface area (Å²) in [5.74, 6) is -1.33. The molecule has 1 amide bonds. The molecule has 3 heterocycles. The van der Waals surface area contributed by atoms with Crippen molar-refractivity contribution in [2.75, 3.05) is 36.5 Å². The number of halogens is 2. The topological polar surface area (TPSA) is 97.6 Å². The summed E-state index contributed by atoms with van der Waals surface area (Å²) in [6.45, 7) is 6.40. The van der Waals surface area contributed by atoms with Crippen LogP contribution in [0.4, 0.5) is 20.4 Å². The van der Waals surface area contributed by atoms with Crippen molar-refractivity contribution in [3.05, 3.63) is 46.8 Å². The van der Waals surface area contributed by atoms with Crippen LogP contribution in [0.2, 0.25) is 0 Å². The molecule has 162 valence electrons. The van der Waals surface area contributed by atoms with Crippen LogP contribution in [0.15, 0.2) is 23.3 Å². The molecule has 2 unspecified atom stereocenters. The maximum absolute atomic E-state index is 13.9. The summed E-state index contributed by atoms with van der Waals surface area (Å²) in [5, 5.41) is 10.7. The van der Waals surface area contributed by atoms with E-state index in [0.29, 0.717) is 19.0 Å². The number of hydrazone groups is 1. The smallest absolute Gasteiger partial charge is 0.256 e. The lowest BCUT2D eigenvalue weighted by Gasteiger charge is -2.23. The molecule has 10 heteroatoms. The molecule has 2 aliphatic rings. The van der Waals surface area contributed by atoms with Gasteiger partial charge in [-0.2, -0.15) is 5.10 Å². The van der Waals surface area contributed by atoms with E-state index in [-0.39, 0.29) is 29.0 Å². The molecule has 2 atom stereocenters. The summed E-state index contributed by atoms with van der Waals surface area (Å²) >= 11 is 0. The molecular weight excluding hydrogens is 404 g/mol. The third-order valence-corrected chi connectivity index (χ3v) is 5.65. The van der Waals surface area contributed by atoms with E-state index in [0.717, 1.165) is 49.0 Å². The van der Waals surface area contributed by atoms with Gasteiger partial charge in [0.2, 0.25) is 5.95 Å². The fourth-order valence-corrected chi connectivity index (χ4v) is 4.30. The quantitative estimate of drug-likeness (QED) is 0.565. The first-order valence-electron chi connectivity index (χ1n) is 9.99. The molecule has 0 saturated carbocycles. The Labute approximate surface area is 178 Å². The van der Waals surface area contributed by atoms with Crippen molar-refractivity contribution in [1.82, 2.24) is 14.9 Å². The minimum Gasteiger partial charge on any atom is -0.340 e. The van der Waals surface area contributed by atoms with Gasteiger partial charge in [-0.05, 0) is 26.0 Å². The fourth-order valence-electron chi connectivity index (χ4n) is 4.30. The molecule has 1 aromatic heterocycles. The predicted octanol–water partition coefficient (Wildman–Crippen LogP) is 2.63. The Morgan fingerprint density at radius 3 is 2.32 bits per heavy atom. The van der Waals surface area contributed by atoms with E-state index < -0.39 is 11.6 Å². The van der Waals surface area contributed by atoms with Crippen LogP contribution in [0, 0.1) is 42.7 Å². The maximum Gasteiger partial charge on any atom is 0.256 e. The SMILES string of the molecule is Cc1cc(C)nc(N2CC3CN(C(=O)c4cc(F)c(F)cc4N/N=C\C=N)CC3C2)n1. The lowest BCUT2D eigenvalue weighted by molar-refractivity contribution is 0.0783. The molecular formula is C21H23F2N7O. The van der Waals surface area contributed by atoms with Crippen molar-refractivity contribution in [3.8, 4) is 0 Å². The van der Waals surface area contributed by atoms with Gasteiger partial charge < -0.3 is 15.2 Å². The number of fused-ring (bicyclic) bond motifs is 1. The van der Waals surface area contributed by atoms with Crippen molar-refractivity contribution < 1.29 is 13.6 Å². The number of hydrogen-bond acceptors (Lipinski definition) is 7. The van der Waals surface area contributed by atoms with E-state index in [1.165, 1.54) is 0 Å². The summed E-state index contributed by atoms with van der Waals surface area (Å²) < 4.78 is 27.6. The normalized spacial score (nSPS) is 20.4. The molecule has 0 aliphatic carbocycles. The largest absolute Gasteiger partial charge is 0.340 e. The van der Waals surface area contributed by atoms with Crippen LogP contribution in [0.25, 0.3) is 0 Å². The maximum atomic E-state index is 13.9. The van der Waals surface area contributed by atoms with E-state index >= 15 is 0 Å². The second kappa shape index (κ2) is 8.37. The van der Waals surface area contributed by atoms with E-state index in [1.807, 2.05) is 19.9 Å². The molecule has 1 aromatic carbocycles. The van der Waals surface area contributed by atoms with Gasteiger partial charge in [0.15, 0.2) is 11.6 Å². The van der Waals surface area contributed by atoms with Crippen LogP contribution in [-0.2, 0) is 0 Å². The zero-order chi connectivity index (χ0) is 22.1. The number of carbonyl (C=O) groups is 1. The monoisotopic (exact) mass is 427 g/mol. The molecule has 0 bridgehead atoms. The zero-order valence-corrected chi connectivity index (χ0v) is 17.3. The second-order valence-corrected chi connectivity index (χ2v) is 7.95. The Kier molecular flexibility index (Phi) is 5.62. The Hall–Kier alpha value is -3.43. The molecule has 2 aliphatic heterocycles. The van der Waals surface area contributed by atoms with Crippen LogP contribution in [0.3, 0.4) is 0 Å². The Bertz CT molecular complexity index is 1020. The Morgan fingerprint density at radius 2 is 1.71 bits per heavy atom. The van der Waals surface area contributed by atoms with Crippen LogP contribution in [-0.4, -0.2) is 59.4 Å². The van der Waals surface area contributed by atoms with Crippen LogP contribution in [0.5, 0.6) is 0 Å². The predicted molar refractivity (Wildman–Crippen MR) is 114 cm³/mol. The number of nitrogens with one attached hydrogen (secondary N) is 2. The summed E-state index contributed by atoms with van der Waals surface area (Å²) in [6.07, 6.45) is 2.07. The molecule has 8 nitrogen and oxygen atoms in total. The van der Waals surface area contributed by atoms with Crippen LogP contribution >= 0.6 is 0 Å². The first-order chi connectivity index (χ1) is 14.9. The lowest BCUT2D eigenvalue weighted by Crippen LogP contribution is -2.34. The second-order valence-electron chi connectivity index (χ2n) is 7.95. The first kappa shape index (κ1) is 20.8. The number of carbonyl (C=O) groups excluding carboxylic acids is 1. The first-order valence-corrected chi connectivity index (χ1v) is 9.99. The number of hydrogen-bond donors (Lipinski definition) is 2. The summed E-state index contributed by atoms with van der Waals surface area (Å²) in [5.41, 5.74) is 4.42. The highest BCUT2D eigenvalue weighted by atomic mass is 19.2.